The van der Waals surface area contributed by atoms with Gasteiger partial charge in [-0.05, 0) is 24.6 Å². The number of aromatic amines is 1. The van der Waals surface area contributed by atoms with Gasteiger partial charge in [0.25, 0.3) is 0 Å². The number of hydrogen-bond acceptors (Lipinski definition) is 3. The molecule has 0 amide bonds. The Bertz CT molecular complexity index is 558. The molecule has 0 bridgehead atoms. The van der Waals surface area contributed by atoms with Crippen molar-refractivity contribution in [2.24, 2.45) is 0 Å². The topological polar surface area (TPSA) is 40.3 Å². The fraction of sp³-hybridized carbons (Fsp3) is 0.500. The summed E-state index contributed by atoms with van der Waals surface area (Å²) in [7, 11) is 0. The quantitative estimate of drug-likeness (QED) is 0.817. The van der Waals surface area contributed by atoms with Gasteiger partial charge in [0.2, 0.25) is 0 Å². The second kappa shape index (κ2) is 6.39. The molecule has 4 heteroatoms. The molecule has 1 aliphatic heterocycles. The molecule has 1 aromatic heterocycles. The van der Waals surface area contributed by atoms with Crippen LogP contribution in [0.2, 0.25) is 0 Å². The molecule has 0 spiro atoms. The van der Waals surface area contributed by atoms with Gasteiger partial charge in [-0.1, -0.05) is 12.1 Å². The zero-order valence-corrected chi connectivity index (χ0v) is 12.1. The molecule has 0 unspecified atom stereocenters. The summed E-state index contributed by atoms with van der Waals surface area (Å²) in [6.45, 7) is 9.05. The minimum atomic E-state index is 0.877. The summed E-state index contributed by atoms with van der Waals surface area (Å²) in [5, 5.41) is 4.89. The lowest BCUT2D eigenvalue weighted by Gasteiger charge is -2.26. The first-order chi connectivity index (χ1) is 9.83. The maximum atomic E-state index is 5.36. The molecule has 1 saturated heterocycles. The van der Waals surface area contributed by atoms with Crippen LogP contribution in [-0.2, 0) is 11.3 Å². The second-order valence-electron chi connectivity index (χ2n) is 5.46. The number of aromatic nitrogens is 1. The molecule has 1 aromatic carbocycles. The van der Waals surface area contributed by atoms with Crippen LogP contribution < -0.4 is 5.32 Å². The highest BCUT2D eigenvalue weighted by atomic mass is 16.5. The van der Waals surface area contributed by atoms with Crippen LogP contribution in [0.5, 0.6) is 0 Å². The Morgan fingerprint density at radius 2 is 2.15 bits per heavy atom. The molecule has 4 nitrogen and oxygen atoms in total. The predicted molar refractivity (Wildman–Crippen MR) is 82.0 cm³/mol. The molecule has 0 aliphatic carbocycles. The second-order valence-corrected chi connectivity index (χ2v) is 5.46. The van der Waals surface area contributed by atoms with E-state index in [0.29, 0.717) is 0 Å². The number of nitrogens with zero attached hydrogens (tertiary/aromatic N) is 1. The zero-order valence-electron chi connectivity index (χ0n) is 12.1. The van der Waals surface area contributed by atoms with E-state index in [-0.39, 0.29) is 0 Å². The maximum Gasteiger partial charge on any atom is 0.0594 e. The van der Waals surface area contributed by atoms with Crippen LogP contribution in [-0.4, -0.2) is 49.3 Å². The lowest BCUT2D eigenvalue weighted by atomic mass is 10.1. The van der Waals surface area contributed by atoms with Crippen molar-refractivity contribution in [3.63, 3.8) is 0 Å². The Labute approximate surface area is 120 Å². The molecule has 1 fully saturated rings. The van der Waals surface area contributed by atoms with Gasteiger partial charge in [-0.25, -0.2) is 0 Å². The first kappa shape index (κ1) is 13.6. The van der Waals surface area contributed by atoms with Crippen LogP contribution >= 0.6 is 0 Å². The Morgan fingerprint density at radius 1 is 1.30 bits per heavy atom. The monoisotopic (exact) mass is 273 g/mol. The Kier molecular flexibility index (Phi) is 4.35. The van der Waals surface area contributed by atoms with E-state index in [1.165, 1.54) is 22.2 Å². The fourth-order valence-electron chi connectivity index (χ4n) is 2.80. The maximum absolute atomic E-state index is 5.36. The van der Waals surface area contributed by atoms with Crippen LogP contribution in [0.3, 0.4) is 0 Å². The number of fused-ring (bicyclic) bond motifs is 1. The minimum absolute atomic E-state index is 0.877. The number of ether oxygens (including phenoxy) is 1. The summed E-state index contributed by atoms with van der Waals surface area (Å²) in [6, 6.07) is 8.70. The smallest absolute Gasteiger partial charge is 0.0594 e. The third-order valence-electron chi connectivity index (χ3n) is 3.91. The van der Waals surface area contributed by atoms with Crippen molar-refractivity contribution in [3.8, 4) is 0 Å². The van der Waals surface area contributed by atoms with Crippen LogP contribution in [0.25, 0.3) is 10.9 Å². The van der Waals surface area contributed by atoms with Gasteiger partial charge in [-0.15, -0.1) is 0 Å². The third kappa shape index (κ3) is 3.20. The molecule has 0 atom stereocenters. The van der Waals surface area contributed by atoms with E-state index in [9.17, 15) is 0 Å². The lowest BCUT2D eigenvalue weighted by Crippen LogP contribution is -2.40. The largest absolute Gasteiger partial charge is 0.379 e. The lowest BCUT2D eigenvalue weighted by molar-refractivity contribution is 0.0384. The van der Waals surface area contributed by atoms with Crippen LogP contribution in [0.1, 0.15) is 11.3 Å². The molecule has 2 N–H and O–H groups in total. The molecule has 3 rings (SSSR count). The van der Waals surface area contributed by atoms with E-state index in [1.807, 2.05) is 0 Å². The van der Waals surface area contributed by atoms with Gasteiger partial charge in [0, 0.05) is 49.3 Å². The van der Waals surface area contributed by atoms with E-state index in [1.54, 1.807) is 0 Å². The van der Waals surface area contributed by atoms with Gasteiger partial charge in [0.1, 0.15) is 0 Å². The number of H-pyrrole nitrogens is 1. The first-order valence-corrected chi connectivity index (χ1v) is 7.41. The highest BCUT2D eigenvalue weighted by Gasteiger charge is 2.09. The minimum Gasteiger partial charge on any atom is -0.379 e. The third-order valence-corrected chi connectivity index (χ3v) is 3.91. The molecule has 2 heterocycles. The molecule has 20 heavy (non-hydrogen) atoms. The zero-order chi connectivity index (χ0) is 13.8. The summed E-state index contributed by atoms with van der Waals surface area (Å²) < 4.78 is 5.36. The van der Waals surface area contributed by atoms with Crippen molar-refractivity contribution in [1.29, 1.82) is 0 Å². The van der Waals surface area contributed by atoms with Crippen molar-refractivity contribution in [2.45, 2.75) is 13.5 Å². The molecule has 108 valence electrons. The summed E-state index contributed by atoms with van der Waals surface area (Å²) in [6.07, 6.45) is 0. The average molecular weight is 273 g/mol. The molecule has 0 radical (unpaired) electrons. The van der Waals surface area contributed by atoms with E-state index in [0.717, 1.165) is 45.9 Å². The molecule has 1 aliphatic rings. The van der Waals surface area contributed by atoms with Crippen molar-refractivity contribution in [2.75, 3.05) is 39.4 Å². The van der Waals surface area contributed by atoms with Crippen LogP contribution in [0, 0.1) is 6.92 Å². The SMILES string of the molecule is Cc1cc2c(CNCCN3CCOCC3)cccc2[nH]1. The summed E-state index contributed by atoms with van der Waals surface area (Å²) in [4.78, 5) is 5.85. The van der Waals surface area contributed by atoms with E-state index in [4.69, 9.17) is 4.74 Å². The Balaban J connectivity index is 1.52. The highest BCUT2D eigenvalue weighted by molar-refractivity contribution is 5.83. The summed E-state index contributed by atoms with van der Waals surface area (Å²) >= 11 is 0. The molecular weight excluding hydrogens is 250 g/mol. The fourth-order valence-corrected chi connectivity index (χ4v) is 2.80. The van der Waals surface area contributed by atoms with Gasteiger partial charge in [-0.2, -0.15) is 0 Å². The normalized spacial score (nSPS) is 16.9. The van der Waals surface area contributed by atoms with Crippen LogP contribution in [0.15, 0.2) is 24.3 Å². The molecular formula is C16H23N3O. The Hall–Kier alpha value is -1.36. The number of hydrogen-bond donors (Lipinski definition) is 2. The standard InChI is InChI=1S/C16H23N3O/c1-13-11-15-14(3-2-4-16(15)18-13)12-17-5-6-19-7-9-20-10-8-19/h2-4,11,17-18H,5-10,12H2,1H3. The number of nitrogens with one attached hydrogen (secondary N) is 2. The van der Waals surface area contributed by atoms with Gasteiger partial charge < -0.3 is 15.0 Å². The summed E-state index contributed by atoms with van der Waals surface area (Å²) in [5.41, 5.74) is 3.82. The van der Waals surface area contributed by atoms with Crippen molar-refractivity contribution in [1.82, 2.24) is 15.2 Å². The first-order valence-electron chi connectivity index (χ1n) is 7.41. The van der Waals surface area contributed by atoms with Gasteiger partial charge in [0.15, 0.2) is 0 Å². The van der Waals surface area contributed by atoms with Crippen molar-refractivity contribution < 1.29 is 4.74 Å². The van der Waals surface area contributed by atoms with Gasteiger partial charge >= 0.3 is 0 Å². The number of aryl methyl sites for hydroxylation is 1. The molecule has 2 aromatic rings. The van der Waals surface area contributed by atoms with Crippen molar-refractivity contribution in [3.05, 3.63) is 35.5 Å². The van der Waals surface area contributed by atoms with E-state index in [2.05, 4.69) is 46.4 Å². The number of benzene rings is 1. The Morgan fingerprint density at radius 3 is 3.00 bits per heavy atom. The molecule has 0 saturated carbocycles. The highest BCUT2D eigenvalue weighted by Crippen LogP contribution is 2.19. The van der Waals surface area contributed by atoms with Gasteiger partial charge in [0.05, 0.1) is 13.2 Å². The average Bonchev–Trinajstić information content (AvgIpc) is 2.86. The van der Waals surface area contributed by atoms with Crippen LogP contribution in [0.4, 0.5) is 0 Å². The van der Waals surface area contributed by atoms with Gasteiger partial charge in [-0.3, -0.25) is 4.90 Å². The van der Waals surface area contributed by atoms with E-state index < -0.39 is 0 Å². The van der Waals surface area contributed by atoms with Crippen molar-refractivity contribution >= 4 is 10.9 Å². The predicted octanol–water partition coefficient (Wildman–Crippen LogP) is 1.90. The number of morpholine rings is 1. The van der Waals surface area contributed by atoms with E-state index >= 15 is 0 Å². The number of rotatable bonds is 5. The summed E-state index contributed by atoms with van der Waals surface area (Å²) in [5.74, 6) is 0.